The van der Waals surface area contributed by atoms with Crippen LogP contribution in [0.1, 0.15) is 64.7 Å². The predicted octanol–water partition coefficient (Wildman–Crippen LogP) is 2.62. The number of likely N-dealkylation sites (N-methyl/N-ethyl adjacent to an activating group) is 1. The van der Waals surface area contributed by atoms with E-state index in [-0.39, 0.29) is 17.9 Å². The zero-order chi connectivity index (χ0) is 18.3. The van der Waals surface area contributed by atoms with Gasteiger partial charge in [0.15, 0.2) is 0 Å². The molecule has 0 aromatic carbocycles. The molecule has 0 aliphatic heterocycles. The lowest BCUT2D eigenvalue weighted by molar-refractivity contribution is -0.134. The van der Waals surface area contributed by atoms with Crippen molar-refractivity contribution in [2.24, 2.45) is 0 Å². The quantitative estimate of drug-likeness (QED) is 0.756. The highest BCUT2D eigenvalue weighted by Gasteiger charge is 2.40. The minimum atomic E-state index is -0.763. The Morgan fingerprint density at radius 2 is 1.92 bits per heavy atom. The summed E-state index contributed by atoms with van der Waals surface area (Å²) in [5, 5.41) is 6.00. The van der Waals surface area contributed by atoms with Crippen LogP contribution in [0.25, 0.3) is 0 Å². The molecule has 0 saturated heterocycles. The van der Waals surface area contributed by atoms with Crippen LogP contribution in [0.15, 0.2) is 22.8 Å². The van der Waals surface area contributed by atoms with Gasteiger partial charge in [0.25, 0.3) is 0 Å². The summed E-state index contributed by atoms with van der Waals surface area (Å²) in [6.45, 7) is 7.88. The first-order valence-corrected chi connectivity index (χ1v) is 9.37. The summed E-state index contributed by atoms with van der Waals surface area (Å²) in [5.74, 6) is 0.621. The minimum Gasteiger partial charge on any atom is -0.468 e. The monoisotopic (exact) mass is 349 g/mol. The summed E-state index contributed by atoms with van der Waals surface area (Å²) in [7, 11) is 0. The van der Waals surface area contributed by atoms with Crippen molar-refractivity contribution in [2.45, 2.75) is 64.5 Å². The first-order chi connectivity index (χ1) is 12.0. The van der Waals surface area contributed by atoms with Crippen molar-refractivity contribution in [1.29, 1.82) is 0 Å². The van der Waals surface area contributed by atoms with E-state index in [1.807, 2.05) is 12.1 Å². The molecular formula is C19H31N3O3. The second kappa shape index (κ2) is 9.04. The van der Waals surface area contributed by atoms with Gasteiger partial charge in [-0.2, -0.15) is 0 Å². The highest BCUT2D eigenvalue weighted by molar-refractivity contribution is 5.91. The maximum Gasteiger partial charge on any atom is 0.245 e. The molecule has 1 aliphatic rings. The Kier molecular flexibility index (Phi) is 7.05. The Bertz CT molecular complexity index is 546. The molecule has 1 atom stereocenters. The van der Waals surface area contributed by atoms with Gasteiger partial charge >= 0.3 is 0 Å². The topological polar surface area (TPSA) is 74.6 Å². The summed E-state index contributed by atoms with van der Waals surface area (Å²) < 4.78 is 5.59. The van der Waals surface area contributed by atoms with Gasteiger partial charge in [0.1, 0.15) is 11.3 Å². The molecular weight excluding hydrogens is 318 g/mol. The van der Waals surface area contributed by atoms with E-state index in [9.17, 15) is 9.59 Å². The summed E-state index contributed by atoms with van der Waals surface area (Å²) in [6, 6.07) is 3.80. The number of rotatable bonds is 8. The first kappa shape index (κ1) is 19.5. The van der Waals surface area contributed by atoms with E-state index in [0.717, 1.165) is 38.1 Å². The molecule has 6 heteroatoms. The molecule has 1 heterocycles. The fraction of sp³-hybridized carbons (Fsp3) is 0.684. The van der Waals surface area contributed by atoms with Gasteiger partial charge in [-0.3, -0.25) is 14.5 Å². The number of hydrogen-bond acceptors (Lipinski definition) is 4. The van der Waals surface area contributed by atoms with Crippen molar-refractivity contribution in [2.75, 3.05) is 19.6 Å². The first-order valence-electron chi connectivity index (χ1n) is 9.37. The fourth-order valence-electron chi connectivity index (χ4n) is 3.81. The van der Waals surface area contributed by atoms with Gasteiger partial charge in [-0.05, 0) is 38.1 Å². The largest absolute Gasteiger partial charge is 0.468 e. The molecule has 1 fully saturated rings. The molecule has 0 bridgehead atoms. The third-order valence-electron chi connectivity index (χ3n) is 5.14. The molecule has 0 spiro atoms. The Labute approximate surface area is 150 Å². The summed E-state index contributed by atoms with van der Waals surface area (Å²) in [5.41, 5.74) is -0.763. The van der Waals surface area contributed by atoms with Crippen LogP contribution in [-0.4, -0.2) is 41.9 Å². The van der Waals surface area contributed by atoms with Crippen molar-refractivity contribution in [3.63, 3.8) is 0 Å². The smallest absolute Gasteiger partial charge is 0.245 e. The van der Waals surface area contributed by atoms with E-state index in [1.54, 1.807) is 6.26 Å². The van der Waals surface area contributed by atoms with Crippen LogP contribution < -0.4 is 10.6 Å². The Morgan fingerprint density at radius 1 is 1.24 bits per heavy atom. The second-order valence-electron chi connectivity index (χ2n) is 6.79. The Balaban J connectivity index is 2.09. The van der Waals surface area contributed by atoms with Crippen molar-refractivity contribution in [3.8, 4) is 0 Å². The molecule has 1 aromatic rings. The van der Waals surface area contributed by atoms with E-state index in [4.69, 9.17) is 4.42 Å². The molecule has 1 aromatic heterocycles. The van der Waals surface area contributed by atoms with Gasteiger partial charge in [-0.15, -0.1) is 0 Å². The van der Waals surface area contributed by atoms with Gasteiger partial charge in [0, 0.05) is 13.5 Å². The van der Waals surface area contributed by atoms with Gasteiger partial charge in [-0.1, -0.05) is 33.1 Å². The number of nitrogens with zero attached hydrogens (tertiary/aromatic N) is 1. The lowest BCUT2D eigenvalue weighted by atomic mass is 9.80. The molecule has 1 saturated carbocycles. The number of amides is 2. The standard InChI is InChI=1S/C19H31N3O3/c1-4-22(5-2)16(17-10-9-13-25-17)14-20-18(24)19(21-15(3)23)11-7-6-8-12-19/h9-10,13,16H,4-8,11-12,14H2,1-3H3,(H,20,24)(H,21,23)/t16-/m1/s1. The van der Waals surface area contributed by atoms with E-state index in [2.05, 4.69) is 29.4 Å². The molecule has 2 N–H and O–H groups in total. The van der Waals surface area contributed by atoms with Crippen LogP contribution in [0.2, 0.25) is 0 Å². The average Bonchev–Trinajstić information content (AvgIpc) is 3.12. The Hall–Kier alpha value is -1.82. The average molecular weight is 349 g/mol. The van der Waals surface area contributed by atoms with Crippen LogP contribution in [0, 0.1) is 0 Å². The number of furan rings is 1. The maximum atomic E-state index is 13.0. The van der Waals surface area contributed by atoms with Crippen LogP contribution >= 0.6 is 0 Å². The van der Waals surface area contributed by atoms with Crippen LogP contribution in [0.4, 0.5) is 0 Å². The lowest BCUT2D eigenvalue weighted by Gasteiger charge is -2.37. The van der Waals surface area contributed by atoms with E-state index < -0.39 is 5.54 Å². The number of carbonyl (C=O) groups is 2. The molecule has 0 radical (unpaired) electrons. The minimum absolute atomic E-state index is 0.00748. The second-order valence-corrected chi connectivity index (χ2v) is 6.79. The maximum absolute atomic E-state index is 13.0. The normalized spacial score (nSPS) is 17.9. The van der Waals surface area contributed by atoms with Crippen LogP contribution in [-0.2, 0) is 9.59 Å². The molecule has 2 amide bonds. The highest BCUT2D eigenvalue weighted by Crippen LogP contribution is 2.29. The SMILES string of the molecule is CCN(CC)[C@H](CNC(=O)C1(NC(C)=O)CCCCC1)c1ccco1. The van der Waals surface area contributed by atoms with Crippen LogP contribution in [0.5, 0.6) is 0 Å². The third kappa shape index (κ3) is 4.84. The highest BCUT2D eigenvalue weighted by atomic mass is 16.3. The Morgan fingerprint density at radius 3 is 2.44 bits per heavy atom. The zero-order valence-corrected chi connectivity index (χ0v) is 15.6. The molecule has 0 unspecified atom stereocenters. The van der Waals surface area contributed by atoms with Gasteiger partial charge in [0.05, 0.1) is 12.3 Å². The fourth-order valence-corrected chi connectivity index (χ4v) is 3.81. The summed E-state index contributed by atoms with van der Waals surface area (Å²) in [4.78, 5) is 26.8. The van der Waals surface area contributed by atoms with Crippen molar-refractivity contribution in [3.05, 3.63) is 24.2 Å². The van der Waals surface area contributed by atoms with Crippen molar-refractivity contribution < 1.29 is 14.0 Å². The third-order valence-corrected chi connectivity index (χ3v) is 5.14. The molecule has 2 rings (SSSR count). The van der Waals surface area contributed by atoms with Crippen LogP contribution in [0.3, 0.4) is 0 Å². The lowest BCUT2D eigenvalue weighted by Crippen LogP contribution is -2.60. The van der Waals surface area contributed by atoms with Gasteiger partial charge in [-0.25, -0.2) is 0 Å². The number of carbonyl (C=O) groups excluding carboxylic acids is 2. The van der Waals surface area contributed by atoms with E-state index >= 15 is 0 Å². The van der Waals surface area contributed by atoms with Gasteiger partial charge in [0.2, 0.25) is 11.8 Å². The zero-order valence-electron chi connectivity index (χ0n) is 15.6. The molecule has 6 nitrogen and oxygen atoms in total. The van der Waals surface area contributed by atoms with Crippen molar-refractivity contribution in [1.82, 2.24) is 15.5 Å². The number of hydrogen-bond donors (Lipinski definition) is 2. The van der Waals surface area contributed by atoms with E-state index in [0.29, 0.717) is 19.4 Å². The van der Waals surface area contributed by atoms with Gasteiger partial charge < -0.3 is 15.1 Å². The summed E-state index contributed by atoms with van der Waals surface area (Å²) in [6.07, 6.45) is 6.11. The van der Waals surface area contributed by atoms with Crippen molar-refractivity contribution >= 4 is 11.8 Å². The predicted molar refractivity (Wildman–Crippen MR) is 97.0 cm³/mol. The molecule has 25 heavy (non-hydrogen) atoms. The molecule has 1 aliphatic carbocycles. The van der Waals surface area contributed by atoms with E-state index in [1.165, 1.54) is 6.92 Å². The number of nitrogens with one attached hydrogen (secondary N) is 2. The molecule has 140 valence electrons. The summed E-state index contributed by atoms with van der Waals surface area (Å²) >= 11 is 0.